The standard InChI is InChI=1S/C17H26ClNO2/c1-4-10-19-16(17(21-5-2)12-6-7-12)13-8-9-14(18)15(11-13)20-3/h8-9,11-12,16-17,19H,4-7,10H2,1-3H3. The third kappa shape index (κ3) is 4.35. The highest BCUT2D eigenvalue weighted by molar-refractivity contribution is 6.32. The van der Waals surface area contributed by atoms with Crippen molar-refractivity contribution >= 4 is 11.6 Å². The van der Waals surface area contributed by atoms with Gasteiger partial charge < -0.3 is 14.8 Å². The van der Waals surface area contributed by atoms with Gasteiger partial charge in [-0.25, -0.2) is 0 Å². The molecule has 118 valence electrons. The summed E-state index contributed by atoms with van der Waals surface area (Å²) in [6.45, 7) is 5.97. The average molecular weight is 312 g/mol. The minimum Gasteiger partial charge on any atom is -0.495 e. The fourth-order valence-electron chi connectivity index (χ4n) is 2.72. The van der Waals surface area contributed by atoms with E-state index < -0.39 is 0 Å². The quantitative estimate of drug-likeness (QED) is 0.741. The predicted molar refractivity (Wildman–Crippen MR) is 87.2 cm³/mol. The van der Waals surface area contributed by atoms with Gasteiger partial charge in [-0.2, -0.15) is 0 Å². The van der Waals surface area contributed by atoms with Crippen molar-refractivity contribution in [2.24, 2.45) is 5.92 Å². The minimum atomic E-state index is 0.198. The lowest BCUT2D eigenvalue weighted by atomic mass is 9.97. The van der Waals surface area contributed by atoms with Gasteiger partial charge in [0.05, 0.1) is 24.3 Å². The van der Waals surface area contributed by atoms with Crippen molar-refractivity contribution < 1.29 is 9.47 Å². The Morgan fingerprint density at radius 1 is 1.33 bits per heavy atom. The molecule has 1 aliphatic carbocycles. The normalized spacial score (nSPS) is 17.5. The second-order valence-corrected chi connectivity index (χ2v) is 5.99. The first-order chi connectivity index (χ1) is 10.2. The van der Waals surface area contributed by atoms with E-state index in [0.717, 1.165) is 25.3 Å². The molecule has 2 rings (SSSR count). The second-order valence-electron chi connectivity index (χ2n) is 5.58. The van der Waals surface area contributed by atoms with Crippen LogP contribution in [0.15, 0.2) is 18.2 Å². The van der Waals surface area contributed by atoms with Crippen LogP contribution in [0.2, 0.25) is 5.02 Å². The molecule has 1 aromatic rings. The molecule has 0 radical (unpaired) electrons. The number of nitrogens with one attached hydrogen (secondary N) is 1. The zero-order chi connectivity index (χ0) is 15.2. The number of hydrogen-bond donors (Lipinski definition) is 1. The first-order valence-electron chi connectivity index (χ1n) is 7.89. The summed E-state index contributed by atoms with van der Waals surface area (Å²) in [4.78, 5) is 0. The summed E-state index contributed by atoms with van der Waals surface area (Å²) >= 11 is 6.14. The molecule has 0 spiro atoms. The molecule has 0 heterocycles. The minimum absolute atomic E-state index is 0.198. The van der Waals surface area contributed by atoms with Crippen LogP contribution in [-0.4, -0.2) is 26.4 Å². The van der Waals surface area contributed by atoms with Crippen LogP contribution in [-0.2, 0) is 4.74 Å². The highest BCUT2D eigenvalue weighted by Gasteiger charge is 2.37. The summed E-state index contributed by atoms with van der Waals surface area (Å²) in [6, 6.07) is 6.21. The van der Waals surface area contributed by atoms with E-state index in [9.17, 15) is 0 Å². The second kappa shape index (κ2) is 8.02. The van der Waals surface area contributed by atoms with Gasteiger partial charge in [0.2, 0.25) is 0 Å². The van der Waals surface area contributed by atoms with Crippen LogP contribution in [0, 0.1) is 5.92 Å². The predicted octanol–water partition coefficient (Wildman–Crippen LogP) is 4.20. The summed E-state index contributed by atoms with van der Waals surface area (Å²) in [7, 11) is 1.65. The monoisotopic (exact) mass is 311 g/mol. The Labute approximate surface area is 133 Å². The molecular weight excluding hydrogens is 286 g/mol. The van der Waals surface area contributed by atoms with Crippen molar-refractivity contribution in [3.05, 3.63) is 28.8 Å². The van der Waals surface area contributed by atoms with Crippen LogP contribution in [0.1, 0.15) is 44.7 Å². The number of benzene rings is 1. The molecule has 0 aromatic heterocycles. The Hall–Kier alpha value is -0.770. The molecule has 4 heteroatoms. The van der Waals surface area contributed by atoms with E-state index in [2.05, 4.69) is 25.2 Å². The highest BCUT2D eigenvalue weighted by Crippen LogP contribution is 2.41. The maximum absolute atomic E-state index is 6.14. The number of rotatable bonds is 9. The van der Waals surface area contributed by atoms with Crippen LogP contribution in [0.5, 0.6) is 5.75 Å². The third-order valence-corrected chi connectivity index (χ3v) is 4.24. The van der Waals surface area contributed by atoms with Gasteiger partial charge in [-0.05, 0) is 56.3 Å². The van der Waals surface area contributed by atoms with Crippen LogP contribution in [0.4, 0.5) is 0 Å². The van der Waals surface area contributed by atoms with Gasteiger partial charge >= 0.3 is 0 Å². The molecule has 1 aliphatic rings. The fourth-order valence-corrected chi connectivity index (χ4v) is 2.91. The molecule has 1 fully saturated rings. The molecule has 21 heavy (non-hydrogen) atoms. The van der Waals surface area contributed by atoms with Crippen LogP contribution in [0.25, 0.3) is 0 Å². The van der Waals surface area contributed by atoms with Crippen molar-refractivity contribution in [3.63, 3.8) is 0 Å². The van der Waals surface area contributed by atoms with Gasteiger partial charge in [0.25, 0.3) is 0 Å². The summed E-state index contributed by atoms with van der Waals surface area (Å²) in [6.07, 6.45) is 3.86. The van der Waals surface area contributed by atoms with Crippen molar-refractivity contribution in [1.82, 2.24) is 5.32 Å². The number of halogens is 1. The topological polar surface area (TPSA) is 30.5 Å². The Balaban J connectivity index is 2.25. The van der Waals surface area contributed by atoms with Gasteiger partial charge in [-0.15, -0.1) is 0 Å². The van der Waals surface area contributed by atoms with Crippen LogP contribution >= 0.6 is 11.6 Å². The van der Waals surface area contributed by atoms with Gasteiger partial charge in [0.15, 0.2) is 0 Å². The van der Waals surface area contributed by atoms with E-state index in [-0.39, 0.29) is 12.1 Å². The molecule has 0 aliphatic heterocycles. The molecule has 2 unspecified atom stereocenters. The van der Waals surface area contributed by atoms with Gasteiger partial charge in [0.1, 0.15) is 5.75 Å². The summed E-state index contributed by atoms with van der Waals surface area (Å²) in [5.41, 5.74) is 1.19. The summed E-state index contributed by atoms with van der Waals surface area (Å²) in [5.74, 6) is 1.39. The maximum Gasteiger partial charge on any atom is 0.137 e. The van der Waals surface area contributed by atoms with E-state index in [1.807, 2.05) is 12.1 Å². The van der Waals surface area contributed by atoms with Crippen LogP contribution in [0.3, 0.4) is 0 Å². The van der Waals surface area contributed by atoms with Gasteiger partial charge in [0, 0.05) is 6.61 Å². The van der Waals surface area contributed by atoms with E-state index in [4.69, 9.17) is 21.1 Å². The molecule has 2 atom stereocenters. The smallest absolute Gasteiger partial charge is 0.137 e. The zero-order valence-corrected chi connectivity index (χ0v) is 14.0. The van der Waals surface area contributed by atoms with Crippen LogP contribution < -0.4 is 10.1 Å². The van der Waals surface area contributed by atoms with E-state index in [1.165, 1.54) is 18.4 Å². The van der Waals surface area contributed by atoms with Crippen molar-refractivity contribution in [1.29, 1.82) is 0 Å². The van der Waals surface area contributed by atoms with E-state index in [1.54, 1.807) is 7.11 Å². The van der Waals surface area contributed by atoms with Gasteiger partial charge in [-0.3, -0.25) is 0 Å². The third-order valence-electron chi connectivity index (χ3n) is 3.92. The maximum atomic E-state index is 6.14. The lowest BCUT2D eigenvalue weighted by molar-refractivity contribution is 0.0185. The number of methoxy groups -OCH3 is 1. The first kappa shape index (κ1) is 16.6. The Kier molecular flexibility index (Phi) is 6.34. The van der Waals surface area contributed by atoms with Gasteiger partial charge in [-0.1, -0.05) is 24.6 Å². The summed E-state index contributed by atoms with van der Waals surface area (Å²) in [5, 5.41) is 4.29. The molecule has 3 nitrogen and oxygen atoms in total. The molecular formula is C17H26ClNO2. The van der Waals surface area contributed by atoms with Crippen molar-refractivity contribution in [2.45, 2.75) is 45.3 Å². The largest absolute Gasteiger partial charge is 0.495 e. The fraction of sp³-hybridized carbons (Fsp3) is 0.647. The molecule has 0 saturated heterocycles. The van der Waals surface area contributed by atoms with E-state index >= 15 is 0 Å². The van der Waals surface area contributed by atoms with Crippen molar-refractivity contribution in [3.8, 4) is 5.75 Å². The highest BCUT2D eigenvalue weighted by atomic mass is 35.5. The average Bonchev–Trinajstić information content (AvgIpc) is 3.32. The Bertz CT molecular complexity index is 448. The Morgan fingerprint density at radius 2 is 2.10 bits per heavy atom. The van der Waals surface area contributed by atoms with E-state index in [0.29, 0.717) is 10.9 Å². The zero-order valence-electron chi connectivity index (χ0n) is 13.2. The molecule has 1 aromatic carbocycles. The Morgan fingerprint density at radius 3 is 2.67 bits per heavy atom. The first-order valence-corrected chi connectivity index (χ1v) is 8.27. The molecule has 0 amide bonds. The molecule has 1 N–H and O–H groups in total. The SMILES string of the molecule is CCCNC(c1ccc(Cl)c(OC)c1)C(OCC)C1CC1. The molecule has 0 bridgehead atoms. The number of ether oxygens (including phenoxy) is 2. The molecule has 1 saturated carbocycles. The number of hydrogen-bond acceptors (Lipinski definition) is 3. The lowest BCUT2D eigenvalue weighted by Crippen LogP contribution is -2.36. The summed E-state index contributed by atoms with van der Waals surface area (Å²) < 4.78 is 11.4. The van der Waals surface area contributed by atoms with Crippen molar-refractivity contribution in [2.75, 3.05) is 20.3 Å². The lowest BCUT2D eigenvalue weighted by Gasteiger charge is -2.29.